The lowest BCUT2D eigenvalue weighted by molar-refractivity contribution is 0.0903. The van der Waals surface area contributed by atoms with Gasteiger partial charge in [-0.15, -0.1) is 0 Å². The quantitative estimate of drug-likeness (QED) is 0.420. The molecule has 0 saturated heterocycles. The average molecular weight is 422 g/mol. The second-order valence-electron chi connectivity index (χ2n) is 7.64. The van der Waals surface area contributed by atoms with Gasteiger partial charge in [0, 0.05) is 6.07 Å². The molecule has 0 spiro atoms. The molecule has 2 aromatic carbocycles. The van der Waals surface area contributed by atoms with E-state index in [0.717, 1.165) is 24.2 Å². The summed E-state index contributed by atoms with van der Waals surface area (Å²) in [7, 11) is 1.61. The lowest BCUT2D eigenvalue weighted by Gasteiger charge is -2.18. The number of nitrogens with one attached hydrogen (secondary N) is 1. The Balaban J connectivity index is 1.60. The van der Waals surface area contributed by atoms with Crippen LogP contribution in [0.15, 0.2) is 65.1 Å². The Morgan fingerprint density at radius 2 is 1.68 bits per heavy atom. The Labute approximate surface area is 184 Å². The van der Waals surface area contributed by atoms with Crippen molar-refractivity contribution in [2.24, 2.45) is 0 Å². The number of ether oxygens (including phenoxy) is 2. The maximum Gasteiger partial charge on any atom is 0.287 e. The van der Waals surface area contributed by atoms with Crippen LogP contribution in [0.4, 0.5) is 0 Å². The molecule has 1 amide bonds. The molecular formula is C26H31NO4. The summed E-state index contributed by atoms with van der Waals surface area (Å²) < 4.78 is 16.6. The van der Waals surface area contributed by atoms with Gasteiger partial charge < -0.3 is 19.2 Å². The van der Waals surface area contributed by atoms with Crippen LogP contribution in [0.1, 0.15) is 73.0 Å². The SMILES string of the molecule is CCC(C)c1ccc(C(CC)NC(=O)c2ccc(COc3cccc(OC)c3)o2)cc1. The van der Waals surface area contributed by atoms with Crippen molar-refractivity contribution in [3.8, 4) is 11.5 Å². The zero-order valence-corrected chi connectivity index (χ0v) is 18.7. The molecule has 0 radical (unpaired) electrons. The van der Waals surface area contributed by atoms with Crippen LogP contribution in [0.25, 0.3) is 0 Å². The van der Waals surface area contributed by atoms with Crippen LogP contribution in [0.2, 0.25) is 0 Å². The molecule has 0 aliphatic heterocycles. The standard InChI is InChI=1S/C26H31NO4/c1-5-18(3)19-10-12-20(13-11-19)24(6-2)27-26(28)25-15-14-23(31-25)17-30-22-9-7-8-21(16-22)29-4/h7-16,18,24H,5-6,17H2,1-4H3,(H,27,28). The molecule has 3 aromatic rings. The first-order chi connectivity index (χ1) is 15.0. The van der Waals surface area contributed by atoms with Crippen molar-refractivity contribution >= 4 is 5.91 Å². The van der Waals surface area contributed by atoms with Crippen LogP contribution < -0.4 is 14.8 Å². The number of methoxy groups -OCH3 is 1. The molecule has 0 bridgehead atoms. The van der Waals surface area contributed by atoms with Gasteiger partial charge in [-0.25, -0.2) is 0 Å². The number of benzene rings is 2. The van der Waals surface area contributed by atoms with E-state index < -0.39 is 0 Å². The zero-order valence-electron chi connectivity index (χ0n) is 18.7. The molecule has 31 heavy (non-hydrogen) atoms. The van der Waals surface area contributed by atoms with Crippen molar-refractivity contribution in [1.29, 1.82) is 0 Å². The summed E-state index contributed by atoms with van der Waals surface area (Å²) in [5.74, 6) is 2.56. The largest absolute Gasteiger partial charge is 0.497 e. The predicted octanol–water partition coefficient (Wildman–Crippen LogP) is 6.26. The van der Waals surface area contributed by atoms with Crippen LogP contribution in [0.5, 0.6) is 11.5 Å². The van der Waals surface area contributed by atoms with E-state index in [1.165, 1.54) is 5.56 Å². The van der Waals surface area contributed by atoms with Gasteiger partial charge in [0.1, 0.15) is 23.9 Å². The summed E-state index contributed by atoms with van der Waals surface area (Å²) in [5.41, 5.74) is 2.41. The Bertz CT molecular complexity index is 977. The summed E-state index contributed by atoms with van der Waals surface area (Å²) >= 11 is 0. The zero-order chi connectivity index (χ0) is 22.2. The van der Waals surface area contributed by atoms with Crippen molar-refractivity contribution in [1.82, 2.24) is 5.32 Å². The minimum absolute atomic E-state index is 0.0694. The van der Waals surface area contributed by atoms with E-state index in [1.807, 2.05) is 18.2 Å². The molecule has 164 valence electrons. The van der Waals surface area contributed by atoms with E-state index >= 15 is 0 Å². The molecule has 5 heteroatoms. The van der Waals surface area contributed by atoms with Crippen molar-refractivity contribution < 1.29 is 18.7 Å². The van der Waals surface area contributed by atoms with Crippen LogP contribution in [-0.4, -0.2) is 13.0 Å². The van der Waals surface area contributed by atoms with Gasteiger partial charge in [-0.2, -0.15) is 0 Å². The van der Waals surface area contributed by atoms with E-state index in [9.17, 15) is 4.79 Å². The number of hydrogen-bond acceptors (Lipinski definition) is 4. The van der Waals surface area contributed by atoms with Gasteiger partial charge in [-0.1, -0.05) is 51.1 Å². The molecule has 0 fully saturated rings. The molecule has 1 heterocycles. The van der Waals surface area contributed by atoms with Crippen LogP contribution >= 0.6 is 0 Å². The molecule has 2 atom stereocenters. The van der Waals surface area contributed by atoms with Crippen molar-refractivity contribution in [2.75, 3.05) is 7.11 Å². The van der Waals surface area contributed by atoms with Gasteiger partial charge in [0.25, 0.3) is 5.91 Å². The fourth-order valence-corrected chi connectivity index (χ4v) is 3.37. The third-order valence-electron chi connectivity index (χ3n) is 5.54. The van der Waals surface area contributed by atoms with Gasteiger partial charge in [0.05, 0.1) is 13.2 Å². The predicted molar refractivity (Wildman–Crippen MR) is 122 cm³/mol. The maximum absolute atomic E-state index is 12.7. The molecule has 0 aliphatic carbocycles. The van der Waals surface area contributed by atoms with Crippen LogP contribution in [0.3, 0.4) is 0 Å². The number of hydrogen-bond donors (Lipinski definition) is 1. The van der Waals surface area contributed by atoms with Crippen molar-refractivity contribution in [3.05, 3.63) is 83.3 Å². The Morgan fingerprint density at radius 1 is 0.968 bits per heavy atom. The van der Waals surface area contributed by atoms with E-state index in [0.29, 0.717) is 17.4 Å². The average Bonchev–Trinajstić information content (AvgIpc) is 3.30. The summed E-state index contributed by atoms with van der Waals surface area (Å²) in [4.78, 5) is 12.7. The van der Waals surface area contributed by atoms with Gasteiger partial charge in [0.2, 0.25) is 0 Å². The van der Waals surface area contributed by atoms with Crippen LogP contribution in [0, 0.1) is 0 Å². The van der Waals surface area contributed by atoms with Gasteiger partial charge in [0.15, 0.2) is 5.76 Å². The molecule has 0 aliphatic rings. The fourth-order valence-electron chi connectivity index (χ4n) is 3.37. The van der Waals surface area contributed by atoms with E-state index in [-0.39, 0.29) is 24.3 Å². The normalized spacial score (nSPS) is 12.8. The highest BCUT2D eigenvalue weighted by Crippen LogP contribution is 2.24. The molecule has 0 saturated carbocycles. The number of rotatable bonds is 10. The Kier molecular flexibility index (Phi) is 7.76. The van der Waals surface area contributed by atoms with E-state index in [2.05, 4.69) is 50.4 Å². The number of amides is 1. The first-order valence-electron chi connectivity index (χ1n) is 10.8. The fraction of sp³-hybridized carbons (Fsp3) is 0.346. The van der Waals surface area contributed by atoms with E-state index in [1.54, 1.807) is 25.3 Å². The van der Waals surface area contributed by atoms with Crippen molar-refractivity contribution in [2.45, 2.75) is 52.2 Å². The molecule has 1 N–H and O–H groups in total. The Morgan fingerprint density at radius 3 is 2.35 bits per heavy atom. The minimum atomic E-state index is -0.231. The molecule has 1 aromatic heterocycles. The monoisotopic (exact) mass is 421 g/mol. The summed E-state index contributed by atoms with van der Waals surface area (Å²) in [6, 6.07) is 19.2. The molecule has 3 rings (SSSR count). The van der Waals surface area contributed by atoms with Gasteiger partial charge >= 0.3 is 0 Å². The second-order valence-corrected chi connectivity index (χ2v) is 7.64. The maximum atomic E-state index is 12.7. The van der Waals surface area contributed by atoms with Gasteiger partial charge in [-0.05, 0) is 54.2 Å². The molecule has 5 nitrogen and oxygen atoms in total. The van der Waals surface area contributed by atoms with Crippen LogP contribution in [-0.2, 0) is 6.61 Å². The first kappa shape index (κ1) is 22.5. The lowest BCUT2D eigenvalue weighted by Crippen LogP contribution is -2.27. The van der Waals surface area contributed by atoms with E-state index in [4.69, 9.17) is 13.9 Å². The number of furan rings is 1. The highest BCUT2D eigenvalue weighted by Gasteiger charge is 2.17. The number of carbonyl (C=O) groups excluding carboxylic acids is 1. The molecular weight excluding hydrogens is 390 g/mol. The summed E-state index contributed by atoms with van der Waals surface area (Å²) in [6.45, 7) is 6.70. The summed E-state index contributed by atoms with van der Waals surface area (Å²) in [6.07, 6.45) is 1.90. The second kappa shape index (κ2) is 10.7. The van der Waals surface area contributed by atoms with Crippen molar-refractivity contribution in [3.63, 3.8) is 0 Å². The minimum Gasteiger partial charge on any atom is -0.497 e. The smallest absolute Gasteiger partial charge is 0.287 e. The lowest BCUT2D eigenvalue weighted by atomic mass is 9.95. The van der Waals surface area contributed by atoms with Gasteiger partial charge in [-0.3, -0.25) is 4.79 Å². The highest BCUT2D eigenvalue weighted by molar-refractivity contribution is 5.91. The topological polar surface area (TPSA) is 60.7 Å². The summed E-state index contributed by atoms with van der Waals surface area (Å²) in [5, 5.41) is 3.07. The number of carbonyl (C=O) groups is 1. The Hall–Kier alpha value is -3.21. The first-order valence-corrected chi connectivity index (χ1v) is 10.8. The highest BCUT2D eigenvalue weighted by atomic mass is 16.5. The third kappa shape index (κ3) is 5.91. The third-order valence-corrected chi connectivity index (χ3v) is 5.54. The molecule has 2 unspecified atom stereocenters.